The Balaban J connectivity index is 1.88. The highest BCUT2D eigenvalue weighted by molar-refractivity contribution is 7.89. The van der Waals surface area contributed by atoms with Crippen LogP contribution >= 0.6 is 11.6 Å². The molecule has 1 aliphatic carbocycles. The molecule has 1 saturated carbocycles. The van der Waals surface area contributed by atoms with Gasteiger partial charge >= 0.3 is 0 Å². The number of halogens is 1. The average Bonchev–Trinajstić information content (AvgIpc) is 2.46. The number of hydrogen-bond donors (Lipinski definition) is 1. The summed E-state index contributed by atoms with van der Waals surface area (Å²) in [5.74, 6) is 1.24. The van der Waals surface area contributed by atoms with Crippen LogP contribution in [0.2, 0.25) is 5.28 Å². The Morgan fingerprint density at radius 2 is 1.75 bits per heavy atom. The Morgan fingerprint density at radius 3 is 2.30 bits per heavy atom. The van der Waals surface area contributed by atoms with Gasteiger partial charge in [-0.1, -0.05) is 26.2 Å². The molecule has 0 amide bonds. The Labute approximate surface area is 125 Å². The van der Waals surface area contributed by atoms with Gasteiger partial charge in [-0.25, -0.2) is 23.1 Å². The molecule has 1 heterocycles. The van der Waals surface area contributed by atoms with Crippen LogP contribution in [0.5, 0.6) is 0 Å². The number of nitrogens with zero attached hydrogens (tertiary/aromatic N) is 2. The molecule has 0 atom stereocenters. The van der Waals surface area contributed by atoms with E-state index in [0.717, 1.165) is 18.8 Å². The summed E-state index contributed by atoms with van der Waals surface area (Å²) in [5.41, 5.74) is 0. The van der Waals surface area contributed by atoms with Crippen molar-refractivity contribution >= 4 is 21.6 Å². The van der Waals surface area contributed by atoms with Crippen molar-refractivity contribution in [3.8, 4) is 0 Å². The van der Waals surface area contributed by atoms with Crippen molar-refractivity contribution in [1.82, 2.24) is 14.7 Å². The van der Waals surface area contributed by atoms with Gasteiger partial charge < -0.3 is 0 Å². The maximum Gasteiger partial charge on any atom is 0.243 e. The van der Waals surface area contributed by atoms with Gasteiger partial charge in [-0.15, -0.1) is 0 Å². The van der Waals surface area contributed by atoms with Crippen LogP contribution < -0.4 is 4.72 Å². The summed E-state index contributed by atoms with van der Waals surface area (Å²) < 4.78 is 26.8. The van der Waals surface area contributed by atoms with Crippen LogP contribution in [0.3, 0.4) is 0 Å². The third kappa shape index (κ3) is 4.14. The lowest BCUT2D eigenvalue weighted by atomic mass is 9.81. The minimum absolute atomic E-state index is 0.0434. The Hall–Kier alpha value is -0.720. The van der Waals surface area contributed by atoms with Crippen LogP contribution in [0.25, 0.3) is 0 Å². The highest BCUT2D eigenvalue weighted by Crippen LogP contribution is 2.30. The molecule has 112 valence electrons. The molecule has 5 nitrogen and oxygen atoms in total. The van der Waals surface area contributed by atoms with Crippen LogP contribution in [0, 0.1) is 11.8 Å². The molecule has 20 heavy (non-hydrogen) atoms. The monoisotopic (exact) mass is 317 g/mol. The molecule has 0 spiro atoms. The van der Waals surface area contributed by atoms with E-state index in [1.807, 2.05) is 0 Å². The quantitative estimate of drug-likeness (QED) is 0.847. The van der Waals surface area contributed by atoms with Gasteiger partial charge in [0.05, 0.1) is 12.4 Å². The first-order valence-corrected chi connectivity index (χ1v) is 8.84. The molecule has 0 unspecified atom stereocenters. The van der Waals surface area contributed by atoms with Gasteiger partial charge in [0.25, 0.3) is 0 Å². The zero-order valence-electron chi connectivity index (χ0n) is 11.5. The van der Waals surface area contributed by atoms with E-state index in [9.17, 15) is 8.42 Å². The lowest BCUT2D eigenvalue weighted by molar-refractivity contribution is 0.270. The molecule has 0 saturated heterocycles. The van der Waals surface area contributed by atoms with Crippen LogP contribution in [0.4, 0.5) is 0 Å². The number of aromatic nitrogens is 2. The Morgan fingerprint density at radius 1 is 1.20 bits per heavy atom. The predicted octanol–water partition coefficient (Wildman–Crippen LogP) is 2.62. The zero-order chi connectivity index (χ0) is 14.6. The number of hydrogen-bond acceptors (Lipinski definition) is 4. The smallest absolute Gasteiger partial charge is 0.225 e. The minimum Gasteiger partial charge on any atom is -0.225 e. The van der Waals surface area contributed by atoms with Gasteiger partial charge in [-0.3, -0.25) is 0 Å². The van der Waals surface area contributed by atoms with Crippen molar-refractivity contribution in [3.63, 3.8) is 0 Å². The second-order valence-corrected chi connectivity index (χ2v) is 7.44. The Bertz CT molecular complexity index is 525. The molecule has 7 heteroatoms. The molecule has 1 N–H and O–H groups in total. The average molecular weight is 318 g/mol. The van der Waals surface area contributed by atoms with Crippen LogP contribution in [-0.2, 0) is 10.0 Å². The van der Waals surface area contributed by atoms with Gasteiger partial charge in [0, 0.05) is 6.54 Å². The van der Waals surface area contributed by atoms with Gasteiger partial charge in [0.2, 0.25) is 15.3 Å². The van der Waals surface area contributed by atoms with Crippen molar-refractivity contribution in [1.29, 1.82) is 0 Å². The van der Waals surface area contributed by atoms with E-state index in [1.54, 1.807) is 0 Å². The van der Waals surface area contributed by atoms with E-state index in [0.29, 0.717) is 12.5 Å². The molecule has 1 aromatic heterocycles. The van der Waals surface area contributed by atoms with E-state index in [-0.39, 0.29) is 10.2 Å². The maximum absolute atomic E-state index is 12.1. The minimum atomic E-state index is -3.53. The second-order valence-electron chi connectivity index (χ2n) is 5.33. The summed E-state index contributed by atoms with van der Waals surface area (Å²) in [7, 11) is -3.53. The molecule has 1 aliphatic rings. The number of rotatable bonds is 5. The maximum atomic E-state index is 12.1. The predicted molar refractivity (Wildman–Crippen MR) is 78.0 cm³/mol. The summed E-state index contributed by atoms with van der Waals surface area (Å²) >= 11 is 5.55. The van der Waals surface area contributed by atoms with E-state index < -0.39 is 10.0 Å². The van der Waals surface area contributed by atoms with E-state index in [2.05, 4.69) is 21.6 Å². The largest absolute Gasteiger partial charge is 0.243 e. The Kier molecular flexibility index (Phi) is 5.35. The fraction of sp³-hybridized carbons (Fsp3) is 0.692. The number of nitrogens with one attached hydrogen (secondary N) is 1. The van der Waals surface area contributed by atoms with Crippen molar-refractivity contribution in [2.24, 2.45) is 11.8 Å². The molecule has 0 bridgehead atoms. The normalized spacial score (nSPS) is 23.7. The van der Waals surface area contributed by atoms with Gasteiger partial charge in [0.1, 0.15) is 4.90 Å². The molecular formula is C13H20ClN3O2S. The molecule has 2 rings (SSSR count). The van der Waals surface area contributed by atoms with Gasteiger partial charge in [-0.2, -0.15) is 0 Å². The SMILES string of the molecule is CCC1CCC(CNS(=O)(=O)c2cnc(Cl)nc2)CC1. The third-order valence-electron chi connectivity index (χ3n) is 4.01. The zero-order valence-corrected chi connectivity index (χ0v) is 13.1. The highest BCUT2D eigenvalue weighted by atomic mass is 35.5. The van der Waals surface area contributed by atoms with Crippen molar-refractivity contribution < 1.29 is 8.42 Å². The lowest BCUT2D eigenvalue weighted by Gasteiger charge is -2.27. The second kappa shape index (κ2) is 6.83. The lowest BCUT2D eigenvalue weighted by Crippen LogP contribution is -2.31. The summed E-state index contributed by atoms with van der Waals surface area (Å²) in [6.07, 6.45) is 8.27. The van der Waals surface area contributed by atoms with Crippen molar-refractivity contribution in [2.75, 3.05) is 6.54 Å². The van der Waals surface area contributed by atoms with Gasteiger partial charge in [0.15, 0.2) is 0 Å². The molecular weight excluding hydrogens is 298 g/mol. The molecule has 1 aromatic rings. The fourth-order valence-corrected chi connectivity index (χ4v) is 3.70. The summed E-state index contributed by atoms with van der Waals surface area (Å²) in [4.78, 5) is 7.45. The topological polar surface area (TPSA) is 72.0 Å². The first-order chi connectivity index (χ1) is 9.51. The molecule has 0 aromatic carbocycles. The van der Waals surface area contributed by atoms with E-state index >= 15 is 0 Å². The molecule has 0 aliphatic heterocycles. The first kappa shape index (κ1) is 15.7. The van der Waals surface area contributed by atoms with Gasteiger partial charge in [-0.05, 0) is 36.3 Å². The summed E-state index contributed by atoms with van der Waals surface area (Å²) in [6, 6.07) is 0. The number of sulfonamides is 1. The van der Waals surface area contributed by atoms with Crippen LogP contribution in [0.1, 0.15) is 39.0 Å². The molecule has 0 radical (unpaired) electrons. The fourth-order valence-electron chi connectivity index (χ4n) is 2.59. The van der Waals surface area contributed by atoms with Crippen LogP contribution in [0.15, 0.2) is 17.3 Å². The van der Waals surface area contributed by atoms with E-state index in [1.165, 1.54) is 31.7 Å². The standard InChI is InChI=1S/C13H20ClN3O2S/c1-2-10-3-5-11(6-4-10)7-17-20(18,19)12-8-15-13(14)16-9-12/h8-11,17H,2-7H2,1H3. The van der Waals surface area contributed by atoms with E-state index in [4.69, 9.17) is 11.6 Å². The highest BCUT2D eigenvalue weighted by Gasteiger charge is 2.22. The third-order valence-corrected chi connectivity index (χ3v) is 5.59. The molecule has 1 fully saturated rings. The van der Waals surface area contributed by atoms with Crippen molar-refractivity contribution in [2.45, 2.75) is 43.9 Å². The van der Waals surface area contributed by atoms with Crippen molar-refractivity contribution in [3.05, 3.63) is 17.7 Å². The summed E-state index contributed by atoms with van der Waals surface area (Å²) in [6.45, 7) is 2.70. The summed E-state index contributed by atoms with van der Waals surface area (Å²) in [5, 5.41) is 0.0434. The van der Waals surface area contributed by atoms with Crippen LogP contribution in [-0.4, -0.2) is 24.9 Å². The first-order valence-electron chi connectivity index (χ1n) is 6.98.